The van der Waals surface area contributed by atoms with Gasteiger partial charge in [-0.2, -0.15) is 0 Å². The van der Waals surface area contributed by atoms with E-state index in [4.69, 9.17) is 0 Å². The molecule has 22 heavy (non-hydrogen) atoms. The minimum Gasteiger partial charge on any atom is -0.205 e. The summed E-state index contributed by atoms with van der Waals surface area (Å²) in [7, 11) is 0. The molecule has 0 aromatic carbocycles. The average Bonchev–Trinajstić information content (AvgIpc) is 2.56. The minimum absolute atomic E-state index is 1.14. The first-order valence-corrected chi connectivity index (χ1v) is 9.82. The van der Waals surface area contributed by atoms with Crippen molar-refractivity contribution in [1.29, 1.82) is 0 Å². The molecule has 0 aliphatic heterocycles. The fourth-order valence-corrected chi connectivity index (χ4v) is 3.07. The maximum Gasteiger partial charge on any atom is 0.171 e. The van der Waals surface area contributed by atoms with Gasteiger partial charge in [0.15, 0.2) is 12.4 Å². The Kier molecular flexibility index (Phi) is 11.1. The molecule has 1 nitrogen and oxygen atoms in total. The largest absolute Gasteiger partial charge is 0.205 e. The van der Waals surface area contributed by atoms with Crippen LogP contribution in [0.5, 0.6) is 0 Å². The maximum atomic E-state index is 2.42. The zero-order valence-electron chi connectivity index (χ0n) is 15.4. The van der Waals surface area contributed by atoms with Crippen LogP contribution in [0.4, 0.5) is 0 Å². The highest BCUT2D eigenvalue weighted by Crippen LogP contribution is 2.10. The summed E-state index contributed by atoms with van der Waals surface area (Å²) in [5, 5.41) is 0. The van der Waals surface area contributed by atoms with E-state index in [1.54, 1.807) is 0 Å². The van der Waals surface area contributed by atoms with E-state index in [1.807, 2.05) is 0 Å². The average molecular weight is 305 g/mol. The highest BCUT2D eigenvalue weighted by Gasteiger charge is 2.05. The van der Waals surface area contributed by atoms with Crippen LogP contribution in [0.15, 0.2) is 18.5 Å². The second-order valence-electron chi connectivity index (χ2n) is 6.68. The van der Waals surface area contributed by atoms with Gasteiger partial charge in [-0.3, -0.25) is 0 Å². The van der Waals surface area contributed by atoms with E-state index in [0.717, 1.165) is 12.8 Å². The molecule has 0 N–H and O–H groups in total. The summed E-state index contributed by atoms with van der Waals surface area (Å²) in [5.74, 6) is 0. The summed E-state index contributed by atoms with van der Waals surface area (Å²) in [4.78, 5) is 0. The van der Waals surface area contributed by atoms with E-state index in [2.05, 4.69) is 43.8 Å². The third-order valence-corrected chi connectivity index (χ3v) is 4.62. The molecule has 0 radical (unpaired) electrons. The first-order chi connectivity index (χ1) is 10.8. The van der Waals surface area contributed by atoms with E-state index in [1.165, 1.54) is 81.9 Å². The van der Waals surface area contributed by atoms with E-state index in [-0.39, 0.29) is 0 Å². The van der Waals surface area contributed by atoms with Gasteiger partial charge >= 0.3 is 0 Å². The molecule has 0 unspecified atom stereocenters. The van der Waals surface area contributed by atoms with E-state index in [0.29, 0.717) is 0 Å². The quantitative estimate of drug-likeness (QED) is 0.310. The summed E-state index contributed by atoms with van der Waals surface area (Å²) in [6.45, 7) is 7.98. The number of aromatic nitrogens is 1. The van der Waals surface area contributed by atoms with Crippen LogP contribution in [0, 0.1) is 0 Å². The van der Waals surface area contributed by atoms with Crippen LogP contribution in [0.25, 0.3) is 0 Å². The van der Waals surface area contributed by atoms with Gasteiger partial charge in [-0.05, 0) is 25.3 Å². The van der Waals surface area contributed by atoms with Crippen molar-refractivity contribution in [3.63, 3.8) is 0 Å². The van der Waals surface area contributed by atoms with Crippen molar-refractivity contribution in [1.82, 2.24) is 0 Å². The maximum absolute atomic E-state index is 2.42. The van der Waals surface area contributed by atoms with Crippen LogP contribution < -0.4 is 4.57 Å². The van der Waals surface area contributed by atoms with Gasteiger partial charge in [-0.1, -0.05) is 72.1 Å². The molecule has 0 spiro atoms. The molecule has 0 saturated carbocycles. The number of hydrogen-bond acceptors (Lipinski definition) is 0. The number of unbranched alkanes of at least 4 members (excludes halogenated alkanes) is 9. The number of pyridine rings is 1. The highest BCUT2D eigenvalue weighted by atomic mass is 14.9. The number of hydrogen-bond donors (Lipinski definition) is 0. The van der Waals surface area contributed by atoms with Gasteiger partial charge in [0, 0.05) is 17.5 Å². The molecule has 0 bridgehead atoms. The molecule has 0 fully saturated rings. The van der Waals surface area contributed by atoms with Crippen molar-refractivity contribution in [3.05, 3.63) is 29.6 Å². The van der Waals surface area contributed by atoms with Crippen molar-refractivity contribution < 1.29 is 4.57 Å². The molecule has 0 aliphatic carbocycles. The molecule has 0 atom stereocenters. The zero-order valence-corrected chi connectivity index (χ0v) is 15.4. The highest BCUT2D eigenvalue weighted by molar-refractivity contribution is 5.14. The SMILES string of the molecule is CCCCCCCCCCCC[n+]1cc(CC)cc(CC)c1. The van der Waals surface area contributed by atoms with Gasteiger partial charge in [0.05, 0.1) is 0 Å². The number of rotatable bonds is 13. The Balaban J connectivity index is 2.09. The third-order valence-electron chi connectivity index (χ3n) is 4.62. The standard InChI is InChI=1S/C21H38N/c1-4-7-8-9-10-11-12-13-14-15-16-22-18-20(5-2)17-21(6-3)19-22/h17-19H,4-16H2,1-3H3/q+1. The second-order valence-corrected chi connectivity index (χ2v) is 6.68. The van der Waals surface area contributed by atoms with Gasteiger partial charge in [-0.15, -0.1) is 0 Å². The molecule has 0 saturated heterocycles. The summed E-state index contributed by atoms with van der Waals surface area (Å²) >= 11 is 0. The predicted octanol–water partition coefficient (Wildman–Crippen LogP) is 6.02. The van der Waals surface area contributed by atoms with Crippen LogP contribution in [0.2, 0.25) is 0 Å². The van der Waals surface area contributed by atoms with E-state index < -0.39 is 0 Å². The molecule has 1 aromatic heterocycles. The number of nitrogens with zero attached hydrogens (tertiary/aromatic N) is 1. The number of aryl methyl sites for hydroxylation is 3. The van der Waals surface area contributed by atoms with Crippen molar-refractivity contribution in [2.45, 2.75) is 104 Å². The smallest absolute Gasteiger partial charge is 0.171 e. The third kappa shape index (κ3) is 8.56. The van der Waals surface area contributed by atoms with E-state index >= 15 is 0 Å². The summed E-state index contributed by atoms with van der Waals surface area (Å²) in [5.41, 5.74) is 2.96. The van der Waals surface area contributed by atoms with Crippen molar-refractivity contribution in [2.75, 3.05) is 0 Å². The lowest BCUT2D eigenvalue weighted by Gasteiger charge is -2.04. The van der Waals surface area contributed by atoms with Crippen LogP contribution in [-0.4, -0.2) is 0 Å². The normalized spacial score (nSPS) is 11.0. The van der Waals surface area contributed by atoms with Gasteiger partial charge in [0.2, 0.25) is 0 Å². The Hall–Kier alpha value is -0.850. The van der Waals surface area contributed by atoms with Crippen LogP contribution in [0.1, 0.15) is 96.1 Å². The Morgan fingerprint density at radius 2 is 1.09 bits per heavy atom. The molecular formula is C21H38N+. The van der Waals surface area contributed by atoms with Gasteiger partial charge in [0.25, 0.3) is 0 Å². The topological polar surface area (TPSA) is 3.88 Å². The minimum atomic E-state index is 1.14. The molecular weight excluding hydrogens is 266 g/mol. The summed E-state index contributed by atoms with van der Waals surface area (Å²) < 4.78 is 2.42. The second kappa shape index (κ2) is 12.7. The molecule has 1 aromatic rings. The molecule has 0 amide bonds. The molecule has 1 heteroatoms. The lowest BCUT2D eigenvalue weighted by atomic mass is 10.1. The monoisotopic (exact) mass is 304 g/mol. The summed E-state index contributed by atoms with van der Waals surface area (Å²) in [6.07, 6.45) is 21.1. The first-order valence-electron chi connectivity index (χ1n) is 9.82. The lowest BCUT2D eigenvalue weighted by Crippen LogP contribution is -2.34. The van der Waals surface area contributed by atoms with Gasteiger partial charge in [-0.25, -0.2) is 4.57 Å². The van der Waals surface area contributed by atoms with Crippen molar-refractivity contribution >= 4 is 0 Å². The molecule has 126 valence electrons. The molecule has 1 heterocycles. The van der Waals surface area contributed by atoms with E-state index in [9.17, 15) is 0 Å². The van der Waals surface area contributed by atoms with Crippen LogP contribution >= 0.6 is 0 Å². The Morgan fingerprint density at radius 3 is 1.55 bits per heavy atom. The molecule has 0 aliphatic rings. The summed E-state index contributed by atoms with van der Waals surface area (Å²) in [6, 6.07) is 2.36. The fourth-order valence-electron chi connectivity index (χ4n) is 3.07. The van der Waals surface area contributed by atoms with Gasteiger partial charge in [0.1, 0.15) is 6.54 Å². The van der Waals surface area contributed by atoms with Crippen LogP contribution in [0.3, 0.4) is 0 Å². The van der Waals surface area contributed by atoms with Crippen LogP contribution in [-0.2, 0) is 19.4 Å². The zero-order chi connectivity index (χ0) is 16.0. The Labute approximate surface area is 139 Å². The Bertz CT molecular complexity index is 361. The predicted molar refractivity (Wildman–Crippen MR) is 97.2 cm³/mol. The Morgan fingerprint density at radius 1 is 0.636 bits per heavy atom. The molecule has 1 rings (SSSR count). The van der Waals surface area contributed by atoms with Gasteiger partial charge < -0.3 is 0 Å². The first kappa shape index (κ1) is 19.2. The fraction of sp³-hybridized carbons (Fsp3) is 0.762. The van der Waals surface area contributed by atoms with Crippen molar-refractivity contribution in [2.24, 2.45) is 0 Å². The lowest BCUT2D eigenvalue weighted by molar-refractivity contribution is -0.698. The van der Waals surface area contributed by atoms with Crippen molar-refractivity contribution in [3.8, 4) is 0 Å².